The number of carbonyl (C=O) groups is 1. The molecule has 0 aliphatic heterocycles. The van der Waals surface area contributed by atoms with Crippen molar-refractivity contribution in [2.24, 2.45) is 0 Å². The third-order valence-corrected chi connectivity index (χ3v) is 4.04. The van der Waals surface area contributed by atoms with Crippen molar-refractivity contribution < 1.29 is 14.4 Å². The van der Waals surface area contributed by atoms with Crippen molar-refractivity contribution in [1.29, 1.82) is 0 Å². The number of carbonyl (C=O) groups excluding carboxylic acids is 1. The number of halogens is 1. The van der Waals surface area contributed by atoms with E-state index >= 15 is 0 Å². The van der Waals surface area contributed by atoms with Crippen LogP contribution in [-0.4, -0.2) is 40.8 Å². The van der Waals surface area contributed by atoms with Gasteiger partial charge in [-0.25, -0.2) is 0 Å². The molecule has 0 radical (unpaired) electrons. The Kier molecular flexibility index (Phi) is 4.24. The third kappa shape index (κ3) is 2.97. The van der Waals surface area contributed by atoms with Crippen LogP contribution in [-0.2, 0) is 0 Å². The zero-order valence-corrected chi connectivity index (χ0v) is 12.0. The summed E-state index contributed by atoms with van der Waals surface area (Å²) in [6.07, 6.45) is 0. The van der Waals surface area contributed by atoms with E-state index < -0.39 is 0 Å². The maximum Gasteiger partial charge on any atom is 0.276 e. The lowest BCUT2D eigenvalue weighted by molar-refractivity contribution is 0.0672. The van der Waals surface area contributed by atoms with Gasteiger partial charge in [0.05, 0.1) is 21.9 Å². The Balaban J connectivity index is 2.19. The Labute approximate surface area is 119 Å². The van der Waals surface area contributed by atoms with E-state index in [1.54, 1.807) is 26.1 Å². The van der Waals surface area contributed by atoms with Crippen molar-refractivity contribution in [1.82, 2.24) is 10.1 Å². The van der Waals surface area contributed by atoms with E-state index in [1.807, 2.05) is 6.07 Å². The van der Waals surface area contributed by atoms with Gasteiger partial charge >= 0.3 is 0 Å². The van der Waals surface area contributed by atoms with Crippen LogP contribution in [0.2, 0.25) is 4.34 Å². The molecule has 2 aromatic rings. The minimum Gasteiger partial charge on any atom is -0.394 e. The summed E-state index contributed by atoms with van der Waals surface area (Å²) in [4.78, 5) is 14.3. The minimum absolute atomic E-state index is 0.104. The van der Waals surface area contributed by atoms with Gasteiger partial charge in [-0.05, 0) is 19.1 Å². The fourth-order valence-corrected chi connectivity index (χ4v) is 2.43. The Morgan fingerprint density at radius 1 is 1.63 bits per heavy atom. The number of rotatable bonds is 4. The Morgan fingerprint density at radius 3 is 2.95 bits per heavy atom. The highest BCUT2D eigenvalue weighted by molar-refractivity contribution is 7.19. The monoisotopic (exact) mass is 300 g/mol. The number of hydrogen-bond acceptors (Lipinski definition) is 5. The van der Waals surface area contributed by atoms with Crippen LogP contribution in [0.4, 0.5) is 0 Å². The molecule has 0 bridgehead atoms. The molecule has 2 aromatic heterocycles. The van der Waals surface area contributed by atoms with E-state index in [-0.39, 0.29) is 24.2 Å². The van der Waals surface area contributed by atoms with Crippen LogP contribution < -0.4 is 0 Å². The van der Waals surface area contributed by atoms with Crippen LogP contribution in [0, 0.1) is 0 Å². The van der Waals surface area contributed by atoms with E-state index in [2.05, 4.69) is 5.16 Å². The molecule has 5 nitrogen and oxygen atoms in total. The number of aliphatic hydroxyl groups is 1. The number of nitrogens with zero attached hydrogens (tertiary/aromatic N) is 2. The second-order valence-corrected chi connectivity index (χ2v) is 5.84. The summed E-state index contributed by atoms with van der Waals surface area (Å²) in [5.74, 6) is 0.213. The van der Waals surface area contributed by atoms with Gasteiger partial charge in [0.1, 0.15) is 0 Å². The fourth-order valence-electron chi connectivity index (χ4n) is 1.44. The number of aliphatic hydroxyl groups excluding tert-OH is 1. The first-order chi connectivity index (χ1) is 9.02. The largest absolute Gasteiger partial charge is 0.394 e. The first-order valence-corrected chi connectivity index (χ1v) is 6.83. The quantitative estimate of drug-likeness (QED) is 0.942. The summed E-state index contributed by atoms with van der Waals surface area (Å²) in [6, 6.07) is 4.86. The maximum atomic E-state index is 12.1. The lowest BCUT2D eigenvalue weighted by atomic mass is 10.2. The number of likely N-dealkylation sites (N-methyl/N-ethyl adjacent to an activating group) is 1. The number of thiophene rings is 1. The molecule has 1 amide bonds. The molecule has 0 saturated carbocycles. The predicted octanol–water partition coefficient (Wildman–Crippen LogP) is 2.51. The lowest BCUT2D eigenvalue weighted by Gasteiger charge is -2.21. The fraction of sp³-hybridized carbons (Fsp3) is 0.333. The van der Waals surface area contributed by atoms with Crippen molar-refractivity contribution >= 4 is 28.8 Å². The van der Waals surface area contributed by atoms with Crippen molar-refractivity contribution in [3.05, 3.63) is 28.2 Å². The average Bonchev–Trinajstić information content (AvgIpc) is 3.04. The molecule has 0 aliphatic carbocycles. The first-order valence-electron chi connectivity index (χ1n) is 5.63. The molecular weight excluding hydrogens is 288 g/mol. The summed E-state index contributed by atoms with van der Waals surface area (Å²) in [7, 11) is 1.61. The normalized spacial score (nSPS) is 12.4. The van der Waals surface area contributed by atoms with Gasteiger partial charge in [0.2, 0.25) is 0 Å². The van der Waals surface area contributed by atoms with Gasteiger partial charge in [0.25, 0.3) is 5.91 Å². The molecule has 2 heterocycles. The van der Waals surface area contributed by atoms with Gasteiger partial charge in [0, 0.05) is 13.1 Å². The predicted molar refractivity (Wildman–Crippen MR) is 73.5 cm³/mol. The molecule has 0 spiro atoms. The van der Waals surface area contributed by atoms with Crippen LogP contribution >= 0.6 is 22.9 Å². The van der Waals surface area contributed by atoms with Crippen LogP contribution in [0.3, 0.4) is 0 Å². The molecule has 0 aromatic carbocycles. The molecule has 1 unspecified atom stereocenters. The molecule has 1 N–H and O–H groups in total. The molecule has 0 fully saturated rings. The maximum absolute atomic E-state index is 12.1. The molecule has 7 heteroatoms. The summed E-state index contributed by atoms with van der Waals surface area (Å²) in [5, 5.41) is 12.8. The van der Waals surface area contributed by atoms with Crippen LogP contribution in [0.15, 0.2) is 22.7 Å². The number of aromatic nitrogens is 1. The number of hydrogen-bond donors (Lipinski definition) is 1. The van der Waals surface area contributed by atoms with Gasteiger partial charge in [-0.15, -0.1) is 11.3 Å². The molecule has 2 rings (SSSR count). The van der Waals surface area contributed by atoms with Gasteiger partial charge < -0.3 is 14.5 Å². The van der Waals surface area contributed by atoms with E-state index in [0.29, 0.717) is 10.1 Å². The number of amides is 1. The Bertz CT molecular complexity index is 581. The molecule has 19 heavy (non-hydrogen) atoms. The third-order valence-electron chi connectivity index (χ3n) is 2.79. The van der Waals surface area contributed by atoms with Crippen LogP contribution in [0.5, 0.6) is 0 Å². The first kappa shape index (κ1) is 14.0. The van der Waals surface area contributed by atoms with E-state index in [9.17, 15) is 4.79 Å². The topological polar surface area (TPSA) is 66.6 Å². The van der Waals surface area contributed by atoms with Crippen molar-refractivity contribution in [2.45, 2.75) is 13.0 Å². The smallest absolute Gasteiger partial charge is 0.276 e. The average molecular weight is 301 g/mol. The van der Waals surface area contributed by atoms with E-state index in [0.717, 1.165) is 4.88 Å². The summed E-state index contributed by atoms with van der Waals surface area (Å²) >= 11 is 7.20. The Hall–Kier alpha value is -1.37. The van der Waals surface area contributed by atoms with Gasteiger partial charge in [0.15, 0.2) is 11.5 Å². The molecular formula is C12H13ClN2O3S. The molecule has 0 aliphatic rings. The minimum atomic E-state index is -0.292. The van der Waals surface area contributed by atoms with E-state index in [4.69, 9.17) is 21.2 Å². The van der Waals surface area contributed by atoms with Gasteiger partial charge in [-0.2, -0.15) is 0 Å². The second-order valence-electron chi connectivity index (χ2n) is 4.13. The molecule has 102 valence electrons. The van der Waals surface area contributed by atoms with Crippen molar-refractivity contribution in [3.63, 3.8) is 0 Å². The summed E-state index contributed by atoms with van der Waals surface area (Å²) in [6.45, 7) is 1.64. The summed E-state index contributed by atoms with van der Waals surface area (Å²) < 4.78 is 5.78. The zero-order chi connectivity index (χ0) is 14.0. The van der Waals surface area contributed by atoms with Crippen LogP contribution in [0.1, 0.15) is 17.4 Å². The standard InChI is InChI=1S/C12H13ClN2O3S/c1-7(6-16)15(2)12(17)8-5-9(18-14-8)10-3-4-11(13)19-10/h3-5,7,16H,6H2,1-2H3. The van der Waals surface area contributed by atoms with E-state index in [1.165, 1.54) is 16.2 Å². The highest BCUT2D eigenvalue weighted by Crippen LogP contribution is 2.31. The Morgan fingerprint density at radius 2 is 2.37 bits per heavy atom. The van der Waals surface area contributed by atoms with Crippen molar-refractivity contribution in [3.8, 4) is 10.6 Å². The highest BCUT2D eigenvalue weighted by Gasteiger charge is 2.21. The second kappa shape index (κ2) is 5.73. The van der Waals surface area contributed by atoms with Crippen molar-refractivity contribution in [2.75, 3.05) is 13.7 Å². The summed E-state index contributed by atoms with van der Waals surface area (Å²) in [5.41, 5.74) is 0.210. The SMILES string of the molecule is CC(CO)N(C)C(=O)c1cc(-c2ccc(Cl)s2)on1. The molecule has 1 atom stereocenters. The van der Waals surface area contributed by atoms with Gasteiger partial charge in [-0.1, -0.05) is 16.8 Å². The highest BCUT2D eigenvalue weighted by atomic mass is 35.5. The van der Waals surface area contributed by atoms with Gasteiger partial charge in [-0.3, -0.25) is 4.79 Å². The van der Waals surface area contributed by atoms with Crippen LogP contribution in [0.25, 0.3) is 10.6 Å². The lowest BCUT2D eigenvalue weighted by Crippen LogP contribution is -2.37. The zero-order valence-electron chi connectivity index (χ0n) is 10.5. The molecule has 0 saturated heterocycles.